The summed E-state index contributed by atoms with van der Waals surface area (Å²) in [7, 11) is 0. The molecule has 1 amide bonds. The van der Waals surface area contributed by atoms with E-state index in [-0.39, 0.29) is 5.91 Å². The van der Waals surface area contributed by atoms with Crippen molar-refractivity contribution >= 4 is 11.6 Å². The van der Waals surface area contributed by atoms with Crippen molar-refractivity contribution in [2.45, 2.75) is 32.7 Å². The van der Waals surface area contributed by atoms with Gasteiger partial charge in [0.05, 0.1) is 13.2 Å². The third-order valence-electron chi connectivity index (χ3n) is 3.82. The fourth-order valence-electron chi connectivity index (χ4n) is 2.42. The molecule has 20 heavy (non-hydrogen) atoms. The molecule has 0 bridgehead atoms. The number of aryl methyl sites for hydroxylation is 1. The van der Waals surface area contributed by atoms with Crippen molar-refractivity contribution in [2.24, 2.45) is 5.92 Å². The number of benzene rings is 1. The lowest BCUT2D eigenvalue weighted by molar-refractivity contribution is -0.115. The van der Waals surface area contributed by atoms with Crippen molar-refractivity contribution in [2.75, 3.05) is 25.1 Å². The highest BCUT2D eigenvalue weighted by Gasteiger charge is 2.20. The number of carbonyl (C=O) groups excluding carboxylic acids is 1. The molecule has 1 aromatic rings. The lowest BCUT2D eigenvalue weighted by Crippen LogP contribution is -2.41. The summed E-state index contributed by atoms with van der Waals surface area (Å²) in [5.74, 6) is 0.508. The van der Waals surface area contributed by atoms with Gasteiger partial charge in [0.1, 0.15) is 0 Å². The summed E-state index contributed by atoms with van der Waals surface area (Å²) in [6.45, 7) is 6.16. The number of ether oxygens (including phenoxy) is 1. The van der Waals surface area contributed by atoms with Crippen LogP contribution in [-0.4, -0.2) is 31.7 Å². The fourth-order valence-corrected chi connectivity index (χ4v) is 2.42. The van der Waals surface area contributed by atoms with Gasteiger partial charge in [-0.25, -0.2) is 0 Å². The molecule has 0 saturated carbocycles. The zero-order valence-electron chi connectivity index (χ0n) is 12.3. The number of hydrogen-bond donors (Lipinski definition) is 2. The standard InChI is InChI=1S/C16H24N2O2/c1-12-5-7-15(8-6-12)18-16(19)10-17-13(2)14-4-3-9-20-11-14/h5-8,13-14,17H,3-4,9-11H2,1-2H3,(H,18,19). The normalized spacial score (nSPS) is 20.4. The van der Waals surface area contributed by atoms with E-state index in [4.69, 9.17) is 4.74 Å². The summed E-state index contributed by atoms with van der Waals surface area (Å²) in [5.41, 5.74) is 2.03. The van der Waals surface area contributed by atoms with Crippen molar-refractivity contribution in [3.8, 4) is 0 Å². The minimum Gasteiger partial charge on any atom is -0.381 e. The van der Waals surface area contributed by atoms with Crippen LogP contribution in [0.3, 0.4) is 0 Å². The average Bonchev–Trinajstić information content (AvgIpc) is 2.48. The maximum atomic E-state index is 11.9. The van der Waals surface area contributed by atoms with E-state index in [2.05, 4.69) is 17.6 Å². The molecule has 0 aromatic heterocycles. The van der Waals surface area contributed by atoms with Gasteiger partial charge in [-0.1, -0.05) is 17.7 Å². The molecule has 2 unspecified atom stereocenters. The van der Waals surface area contributed by atoms with Crippen molar-refractivity contribution in [3.05, 3.63) is 29.8 Å². The Bertz CT molecular complexity index is 425. The number of amides is 1. The largest absolute Gasteiger partial charge is 0.381 e. The molecule has 0 aliphatic carbocycles. The van der Waals surface area contributed by atoms with Gasteiger partial charge in [0.2, 0.25) is 5.91 Å². The minimum absolute atomic E-state index is 0.00238. The number of rotatable bonds is 5. The Morgan fingerprint density at radius 1 is 1.40 bits per heavy atom. The molecule has 0 spiro atoms. The van der Waals surface area contributed by atoms with E-state index < -0.39 is 0 Å². The highest BCUT2D eigenvalue weighted by molar-refractivity contribution is 5.92. The Morgan fingerprint density at radius 2 is 2.15 bits per heavy atom. The van der Waals surface area contributed by atoms with Crippen LogP contribution in [0.25, 0.3) is 0 Å². The molecule has 1 heterocycles. The van der Waals surface area contributed by atoms with E-state index >= 15 is 0 Å². The van der Waals surface area contributed by atoms with E-state index in [9.17, 15) is 4.79 Å². The zero-order chi connectivity index (χ0) is 14.4. The van der Waals surface area contributed by atoms with Crippen LogP contribution in [0.5, 0.6) is 0 Å². The third kappa shape index (κ3) is 4.62. The lowest BCUT2D eigenvalue weighted by Gasteiger charge is -2.28. The van der Waals surface area contributed by atoms with E-state index in [1.54, 1.807) is 0 Å². The van der Waals surface area contributed by atoms with Gasteiger partial charge in [-0.3, -0.25) is 4.79 Å². The van der Waals surface area contributed by atoms with Gasteiger partial charge in [0.15, 0.2) is 0 Å². The number of carbonyl (C=O) groups is 1. The molecular weight excluding hydrogens is 252 g/mol. The Balaban J connectivity index is 1.72. The first-order chi connectivity index (χ1) is 9.65. The summed E-state index contributed by atoms with van der Waals surface area (Å²) < 4.78 is 5.48. The van der Waals surface area contributed by atoms with Crippen molar-refractivity contribution < 1.29 is 9.53 Å². The quantitative estimate of drug-likeness (QED) is 0.868. The maximum Gasteiger partial charge on any atom is 0.238 e. The second kappa shape index (κ2) is 7.41. The van der Waals surface area contributed by atoms with Gasteiger partial charge < -0.3 is 15.4 Å². The van der Waals surface area contributed by atoms with Crippen LogP contribution in [0.15, 0.2) is 24.3 Å². The monoisotopic (exact) mass is 276 g/mol. The fraction of sp³-hybridized carbons (Fsp3) is 0.562. The maximum absolute atomic E-state index is 11.9. The zero-order valence-corrected chi connectivity index (χ0v) is 12.3. The van der Waals surface area contributed by atoms with Crippen LogP contribution in [0.2, 0.25) is 0 Å². The molecular formula is C16H24N2O2. The first-order valence-electron chi connectivity index (χ1n) is 7.33. The second-order valence-corrected chi connectivity index (χ2v) is 5.56. The Hall–Kier alpha value is -1.39. The van der Waals surface area contributed by atoms with Crippen molar-refractivity contribution in [1.29, 1.82) is 0 Å². The average molecular weight is 276 g/mol. The van der Waals surface area contributed by atoms with Crippen LogP contribution in [-0.2, 0) is 9.53 Å². The molecule has 110 valence electrons. The molecule has 1 saturated heterocycles. The highest BCUT2D eigenvalue weighted by atomic mass is 16.5. The van der Waals surface area contributed by atoms with Gasteiger partial charge in [0, 0.05) is 18.3 Å². The molecule has 1 aliphatic rings. The van der Waals surface area contributed by atoms with Crippen molar-refractivity contribution in [3.63, 3.8) is 0 Å². The van der Waals surface area contributed by atoms with Gasteiger partial charge in [0.25, 0.3) is 0 Å². The van der Waals surface area contributed by atoms with Gasteiger partial charge in [-0.05, 0) is 44.7 Å². The molecule has 2 rings (SSSR count). The number of nitrogens with one attached hydrogen (secondary N) is 2. The van der Waals surface area contributed by atoms with Gasteiger partial charge in [-0.2, -0.15) is 0 Å². The van der Waals surface area contributed by atoms with Crippen LogP contribution < -0.4 is 10.6 Å². The Labute approximate surface area is 120 Å². The predicted molar refractivity (Wildman–Crippen MR) is 80.8 cm³/mol. The Kier molecular flexibility index (Phi) is 5.56. The van der Waals surface area contributed by atoms with Crippen molar-refractivity contribution in [1.82, 2.24) is 5.32 Å². The van der Waals surface area contributed by atoms with Gasteiger partial charge in [-0.15, -0.1) is 0 Å². The first-order valence-corrected chi connectivity index (χ1v) is 7.33. The second-order valence-electron chi connectivity index (χ2n) is 5.56. The van der Waals surface area contributed by atoms with E-state index in [1.165, 1.54) is 12.0 Å². The Morgan fingerprint density at radius 3 is 2.80 bits per heavy atom. The molecule has 1 fully saturated rings. The van der Waals surface area contributed by atoms with Crippen LogP contribution in [0.1, 0.15) is 25.3 Å². The SMILES string of the molecule is Cc1ccc(NC(=O)CNC(C)C2CCCOC2)cc1. The third-order valence-corrected chi connectivity index (χ3v) is 3.82. The summed E-state index contributed by atoms with van der Waals surface area (Å²) in [6, 6.07) is 8.13. The molecule has 1 aromatic carbocycles. The lowest BCUT2D eigenvalue weighted by atomic mass is 9.95. The smallest absolute Gasteiger partial charge is 0.238 e. The van der Waals surface area contributed by atoms with Crippen LogP contribution in [0, 0.1) is 12.8 Å². The molecule has 1 aliphatic heterocycles. The van der Waals surface area contributed by atoms with E-state index in [0.717, 1.165) is 25.3 Å². The molecule has 2 atom stereocenters. The number of hydrogen-bond acceptors (Lipinski definition) is 3. The number of anilines is 1. The van der Waals surface area contributed by atoms with Crippen LogP contribution >= 0.6 is 0 Å². The van der Waals surface area contributed by atoms with Gasteiger partial charge >= 0.3 is 0 Å². The summed E-state index contributed by atoms with van der Waals surface area (Å²) >= 11 is 0. The predicted octanol–water partition coefficient (Wildman–Crippen LogP) is 2.34. The van der Waals surface area contributed by atoms with E-state index in [1.807, 2.05) is 31.2 Å². The highest BCUT2D eigenvalue weighted by Crippen LogP contribution is 2.17. The molecule has 4 heteroatoms. The summed E-state index contributed by atoms with van der Waals surface area (Å²) in [4.78, 5) is 11.9. The van der Waals surface area contributed by atoms with Crippen LogP contribution in [0.4, 0.5) is 5.69 Å². The van der Waals surface area contributed by atoms with E-state index in [0.29, 0.717) is 18.5 Å². The minimum atomic E-state index is -0.00238. The molecule has 2 N–H and O–H groups in total. The molecule has 4 nitrogen and oxygen atoms in total. The first kappa shape index (κ1) is 15.0. The topological polar surface area (TPSA) is 50.4 Å². The summed E-state index contributed by atoms with van der Waals surface area (Å²) in [5, 5.41) is 6.19. The molecule has 0 radical (unpaired) electrons. The summed E-state index contributed by atoms with van der Waals surface area (Å²) in [6.07, 6.45) is 2.29.